The zero-order valence-electron chi connectivity index (χ0n) is 39.6. The molecular formula is C53H54N8S8. The lowest BCUT2D eigenvalue weighted by molar-refractivity contribution is 0.452. The monoisotopic (exact) mass is 1060 g/mol. The first-order valence-corrected chi connectivity index (χ1v) is 31.1. The van der Waals surface area contributed by atoms with Gasteiger partial charge in [-0.3, -0.25) is 9.97 Å². The van der Waals surface area contributed by atoms with Crippen LogP contribution < -0.4 is 0 Å². The lowest BCUT2D eigenvalue weighted by atomic mass is 9.95. The maximum atomic E-state index is 5.20. The summed E-state index contributed by atoms with van der Waals surface area (Å²) in [5.74, 6) is 1.46. The summed E-state index contributed by atoms with van der Waals surface area (Å²) in [6.45, 7) is 12.7. The van der Waals surface area contributed by atoms with Gasteiger partial charge in [-0.2, -0.15) is 17.5 Å². The molecule has 1 N–H and O–H groups in total. The van der Waals surface area contributed by atoms with Crippen LogP contribution in [-0.2, 0) is 19.4 Å². The summed E-state index contributed by atoms with van der Waals surface area (Å²) in [4.78, 5) is 21.6. The fourth-order valence-electron chi connectivity index (χ4n) is 10.1. The Bertz CT molecular complexity index is 3730. The number of aromatic nitrogens is 8. The van der Waals surface area contributed by atoms with Crippen LogP contribution in [0, 0.1) is 11.8 Å². The number of thiophene rings is 6. The highest BCUT2D eigenvalue weighted by Gasteiger charge is 2.25. The van der Waals surface area contributed by atoms with Crippen molar-refractivity contribution in [3.8, 4) is 42.0 Å². The molecular weight excluding hydrogens is 1010 g/mol. The molecule has 0 amide bonds. The van der Waals surface area contributed by atoms with E-state index in [9.17, 15) is 0 Å². The topological polar surface area (TPSA) is 98.1 Å². The lowest BCUT2D eigenvalue weighted by Gasteiger charge is -2.12. The number of hydrogen-bond acceptors (Lipinski definition) is 14. The van der Waals surface area contributed by atoms with Crippen LogP contribution in [0.2, 0.25) is 0 Å². The maximum Gasteiger partial charge on any atom is 0.132 e. The van der Waals surface area contributed by atoms with Gasteiger partial charge in [0.25, 0.3) is 0 Å². The molecule has 12 aromatic rings. The van der Waals surface area contributed by atoms with Gasteiger partial charge in [-0.05, 0) is 67.5 Å². The molecule has 0 fully saturated rings. The highest BCUT2D eigenvalue weighted by atomic mass is 32.1. The Kier molecular flexibility index (Phi) is 13.1. The Morgan fingerprint density at radius 3 is 1.77 bits per heavy atom. The summed E-state index contributed by atoms with van der Waals surface area (Å²) >= 11 is 13.8. The zero-order valence-corrected chi connectivity index (χ0v) is 46.1. The molecule has 0 bridgehead atoms. The van der Waals surface area contributed by atoms with Crippen molar-refractivity contribution in [2.75, 3.05) is 0 Å². The smallest absolute Gasteiger partial charge is 0.132 e. The molecule has 354 valence electrons. The largest absolute Gasteiger partial charge is 0.353 e. The Labute approximate surface area is 434 Å². The molecule has 0 radical (unpaired) electrons. The fourth-order valence-corrected chi connectivity index (χ4v) is 18.8. The molecule has 0 aliphatic heterocycles. The Morgan fingerprint density at radius 1 is 0.522 bits per heavy atom. The van der Waals surface area contributed by atoms with E-state index in [0.29, 0.717) is 5.92 Å². The standard InChI is InChI=1S/C53H54N8S8/c1-6-10-13-14-17-61-36-21-30(18-28(5)15-11-7-2)63-52(36)53-37(61)23-43(67-53)47-49-45(58-69-60-49)33(27-55-47)39-25-41-40(65-39)24-38(64-41)32-26-54-46(48-44(32)57-68-59-48)42-22-35-51(66-42)50-34(56-35)20-31(62-50)19-29(9-4)16-12-8-3/h20-29,56H,6-19H2,1-5H3. The first-order valence-electron chi connectivity index (χ1n) is 24.7. The molecule has 0 aliphatic carbocycles. The Morgan fingerprint density at radius 2 is 1.09 bits per heavy atom. The molecule has 0 saturated carbocycles. The van der Waals surface area contributed by atoms with E-state index in [1.807, 2.05) is 57.7 Å². The van der Waals surface area contributed by atoms with Gasteiger partial charge in [0.2, 0.25) is 0 Å². The lowest BCUT2D eigenvalue weighted by Crippen LogP contribution is -2.01. The third-order valence-corrected chi connectivity index (χ3v) is 22.2. The molecule has 69 heavy (non-hydrogen) atoms. The van der Waals surface area contributed by atoms with E-state index in [4.69, 9.17) is 27.5 Å². The van der Waals surface area contributed by atoms with Gasteiger partial charge >= 0.3 is 0 Å². The first-order chi connectivity index (χ1) is 33.9. The van der Waals surface area contributed by atoms with Crippen molar-refractivity contribution in [1.82, 2.24) is 37.0 Å². The van der Waals surface area contributed by atoms with E-state index in [2.05, 4.69) is 80.6 Å². The molecule has 2 atom stereocenters. The number of nitrogens with zero attached hydrogens (tertiary/aromatic N) is 7. The maximum absolute atomic E-state index is 5.20. The number of hydrogen-bond donors (Lipinski definition) is 1. The van der Waals surface area contributed by atoms with Crippen molar-refractivity contribution in [1.29, 1.82) is 0 Å². The average molecular weight is 1060 g/mol. The third kappa shape index (κ3) is 8.51. The second kappa shape index (κ2) is 19.5. The van der Waals surface area contributed by atoms with Crippen molar-refractivity contribution in [2.45, 2.75) is 125 Å². The predicted molar refractivity (Wildman–Crippen MR) is 306 cm³/mol. The van der Waals surface area contributed by atoms with Gasteiger partial charge in [-0.1, -0.05) is 98.8 Å². The van der Waals surface area contributed by atoms with Crippen molar-refractivity contribution in [2.24, 2.45) is 11.8 Å². The molecule has 16 heteroatoms. The van der Waals surface area contributed by atoms with E-state index in [1.54, 1.807) is 22.7 Å². The second-order valence-corrected chi connectivity index (χ2v) is 26.5. The molecule has 0 spiro atoms. The minimum absolute atomic E-state index is 0.705. The van der Waals surface area contributed by atoms with E-state index in [-0.39, 0.29) is 0 Å². The number of aryl methyl sites for hydroxylation is 1. The number of unbranched alkanes of at least 4 members (excludes halogenated alkanes) is 5. The minimum atomic E-state index is 0.705. The van der Waals surface area contributed by atoms with Gasteiger partial charge in [0.1, 0.15) is 33.5 Å². The van der Waals surface area contributed by atoms with Gasteiger partial charge in [0.05, 0.1) is 74.1 Å². The van der Waals surface area contributed by atoms with Crippen LogP contribution in [0.25, 0.3) is 114 Å². The number of pyridine rings is 2. The van der Waals surface area contributed by atoms with Gasteiger partial charge in [0.15, 0.2) is 0 Å². The summed E-state index contributed by atoms with van der Waals surface area (Å²) in [5, 5.41) is 0. The van der Waals surface area contributed by atoms with Crippen LogP contribution >= 0.6 is 91.5 Å². The quantitative estimate of drug-likeness (QED) is 0.0764. The Balaban J connectivity index is 0.822. The Hall–Kier alpha value is -4.00. The van der Waals surface area contributed by atoms with Gasteiger partial charge in [-0.25, -0.2) is 0 Å². The number of H-pyrrole nitrogens is 1. The first kappa shape index (κ1) is 46.1. The van der Waals surface area contributed by atoms with Gasteiger partial charge in [-0.15, -0.1) is 68.0 Å². The SMILES string of the molecule is CCCCCCn1c2cc(CC(C)CCCC)sc2c2sc(-c3ncc(-c4cc5sc(-c6cnc(-c7cc8[nH]c9cc(CC(CC)CCCC)sc9c8s7)c7nsnc67)cc5s4)c4nsnc34)cc21. The summed E-state index contributed by atoms with van der Waals surface area (Å²) < 4.78 is 30.1. The molecule has 8 nitrogen and oxygen atoms in total. The van der Waals surface area contributed by atoms with Crippen molar-refractivity contribution in [3.63, 3.8) is 0 Å². The summed E-state index contributed by atoms with van der Waals surface area (Å²) in [7, 11) is 0. The van der Waals surface area contributed by atoms with Gasteiger partial charge < -0.3 is 9.55 Å². The van der Waals surface area contributed by atoms with Crippen LogP contribution in [-0.4, -0.2) is 37.0 Å². The molecule has 0 aliphatic rings. The fraction of sp³-hybridized carbons (Fsp3) is 0.396. The van der Waals surface area contributed by atoms with Crippen LogP contribution in [0.5, 0.6) is 0 Å². The van der Waals surface area contributed by atoms with Crippen LogP contribution in [0.1, 0.15) is 115 Å². The number of aromatic amines is 1. The van der Waals surface area contributed by atoms with E-state index in [1.165, 1.54) is 165 Å². The number of nitrogens with one attached hydrogen (secondary N) is 1. The van der Waals surface area contributed by atoms with E-state index < -0.39 is 0 Å². The third-order valence-electron chi connectivity index (χ3n) is 13.9. The minimum Gasteiger partial charge on any atom is -0.353 e. The highest BCUT2D eigenvalue weighted by molar-refractivity contribution is 7.31. The summed E-state index contributed by atoms with van der Waals surface area (Å²) in [5.41, 5.74) is 12.7. The molecule has 12 aromatic heterocycles. The van der Waals surface area contributed by atoms with Crippen molar-refractivity contribution in [3.05, 3.63) is 58.5 Å². The molecule has 12 heterocycles. The van der Waals surface area contributed by atoms with E-state index >= 15 is 0 Å². The van der Waals surface area contributed by atoms with Crippen molar-refractivity contribution < 1.29 is 0 Å². The van der Waals surface area contributed by atoms with E-state index in [0.717, 1.165) is 78.1 Å². The van der Waals surface area contributed by atoms with Crippen molar-refractivity contribution >= 4 is 164 Å². The number of rotatable bonds is 20. The van der Waals surface area contributed by atoms with Crippen LogP contribution in [0.4, 0.5) is 0 Å². The normalized spacial score (nSPS) is 13.4. The zero-order chi connectivity index (χ0) is 46.8. The average Bonchev–Trinajstić information content (AvgIpc) is 4.19. The van der Waals surface area contributed by atoms with Crippen LogP contribution in [0.3, 0.4) is 0 Å². The molecule has 12 rings (SSSR count). The highest BCUT2D eigenvalue weighted by Crippen LogP contribution is 2.49. The molecule has 0 aromatic carbocycles. The summed E-state index contributed by atoms with van der Waals surface area (Å²) in [6.07, 6.45) is 20.4. The predicted octanol–water partition coefficient (Wildman–Crippen LogP) is 19.1. The van der Waals surface area contributed by atoms with Crippen LogP contribution in [0.15, 0.2) is 48.8 Å². The second-order valence-electron chi connectivity index (χ2n) is 18.9. The molecule has 2 unspecified atom stereocenters. The number of fused-ring (bicyclic) bond motifs is 9. The van der Waals surface area contributed by atoms with Gasteiger partial charge in [0, 0.05) is 59.0 Å². The summed E-state index contributed by atoms with van der Waals surface area (Å²) in [6, 6.07) is 14.1. The molecule has 0 saturated heterocycles.